The van der Waals surface area contributed by atoms with E-state index in [1.807, 2.05) is 0 Å². The van der Waals surface area contributed by atoms with E-state index >= 15 is 0 Å². The Morgan fingerprint density at radius 2 is 1.83 bits per heavy atom. The first-order valence-corrected chi connectivity index (χ1v) is 11.7. The third-order valence-electron chi connectivity index (χ3n) is 5.40. The maximum Gasteiger partial charge on any atom is 0.573 e. The fourth-order valence-corrected chi connectivity index (χ4v) is 4.19. The number of carbonyl (C=O) groups excluding carboxylic acids is 2. The number of primary sulfonamides is 1. The molecular formula is C21H19F3N4O6S. The van der Waals surface area contributed by atoms with Crippen LogP contribution in [0, 0.1) is 5.92 Å². The molecule has 186 valence electrons. The smallest absolute Gasteiger partial charge is 0.445 e. The minimum atomic E-state index is -4.79. The highest BCUT2D eigenvalue weighted by Crippen LogP contribution is 2.31. The number of benzene rings is 1. The van der Waals surface area contributed by atoms with Crippen LogP contribution in [0.3, 0.4) is 0 Å². The number of hydrogen-bond donors (Lipinski definition) is 1. The first kappa shape index (κ1) is 24.5. The van der Waals surface area contributed by atoms with Gasteiger partial charge in [-0.25, -0.2) is 23.3 Å². The Bertz CT molecular complexity index is 1260. The molecule has 2 aliphatic heterocycles. The van der Waals surface area contributed by atoms with Crippen LogP contribution in [0.25, 0.3) is 0 Å². The molecule has 35 heavy (non-hydrogen) atoms. The Balaban J connectivity index is 1.30. The number of hydrogen-bond acceptors (Lipinski definition) is 7. The highest BCUT2D eigenvalue weighted by molar-refractivity contribution is 7.89. The lowest BCUT2D eigenvalue weighted by Crippen LogP contribution is -2.33. The number of aromatic nitrogens is 1. The highest BCUT2D eigenvalue weighted by Gasteiger charge is 2.38. The summed E-state index contributed by atoms with van der Waals surface area (Å²) >= 11 is 0. The second-order valence-corrected chi connectivity index (χ2v) is 9.47. The standard InChI is InChI=1S/C21H19F3N4O6S/c22-21(23,24)34-16-3-1-13(2-4-16)12-33-20(30)28-10-14-8-27(9-15(14)11-28)19(29)18-6-5-17(7-26-18)35(25,31)32/h1-8,15H,9-12H2,(H2,25,31,32)/t15-/m0/s1. The molecule has 10 nitrogen and oxygen atoms in total. The first-order chi connectivity index (χ1) is 16.4. The fourth-order valence-electron chi connectivity index (χ4n) is 3.74. The minimum Gasteiger partial charge on any atom is -0.445 e. The number of pyridine rings is 1. The van der Waals surface area contributed by atoms with Gasteiger partial charge in [0, 0.05) is 37.9 Å². The molecule has 4 rings (SSSR count). The Morgan fingerprint density at radius 3 is 2.40 bits per heavy atom. The van der Waals surface area contributed by atoms with Gasteiger partial charge in [0.1, 0.15) is 22.9 Å². The van der Waals surface area contributed by atoms with Crippen molar-refractivity contribution in [3.63, 3.8) is 0 Å². The molecule has 1 aromatic heterocycles. The molecule has 14 heteroatoms. The predicted octanol–water partition coefficient (Wildman–Crippen LogP) is 2.24. The number of nitrogens with two attached hydrogens (primary N) is 1. The van der Waals surface area contributed by atoms with Gasteiger partial charge in [-0.3, -0.25) is 4.79 Å². The van der Waals surface area contributed by atoms with Crippen molar-refractivity contribution in [2.75, 3.05) is 19.6 Å². The van der Waals surface area contributed by atoms with E-state index in [1.54, 1.807) is 6.20 Å². The summed E-state index contributed by atoms with van der Waals surface area (Å²) in [4.78, 5) is 31.7. The van der Waals surface area contributed by atoms with Gasteiger partial charge in [0.05, 0.1) is 0 Å². The normalized spacial score (nSPS) is 17.7. The average molecular weight is 512 g/mol. The summed E-state index contributed by atoms with van der Waals surface area (Å²) in [6.07, 6.45) is -2.73. The summed E-state index contributed by atoms with van der Waals surface area (Å²) in [6, 6.07) is 7.47. The van der Waals surface area contributed by atoms with Gasteiger partial charge >= 0.3 is 12.5 Å². The number of alkyl halides is 3. The van der Waals surface area contributed by atoms with Gasteiger partial charge in [-0.2, -0.15) is 0 Å². The lowest BCUT2D eigenvalue weighted by molar-refractivity contribution is -0.274. The van der Waals surface area contributed by atoms with Gasteiger partial charge in [0.15, 0.2) is 0 Å². The Labute approximate surface area is 197 Å². The molecule has 2 amide bonds. The van der Waals surface area contributed by atoms with Gasteiger partial charge in [-0.1, -0.05) is 12.1 Å². The van der Waals surface area contributed by atoms with E-state index in [-0.39, 0.29) is 35.4 Å². The van der Waals surface area contributed by atoms with Crippen molar-refractivity contribution in [1.29, 1.82) is 0 Å². The molecule has 0 unspecified atom stereocenters. The van der Waals surface area contributed by atoms with Crippen LogP contribution in [-0.4, -0.2) is 61.2 Å². The van der Waals surface area contributed by atoms with Crippen molar-refractivity contribution in [1.82, 2.24) is 14.8 Å². The molecule has 2 N–H and O–H groups in total. The van der Waals surface area contributed by atoms with Crippen LogP contribution in [0.4, 0.5) is 18.0 Å². The maximum absolute atomic E-state index is 12.7. The monoisotopic (exact) mass is 512 g/mol. The van der Waals surface area contributed by atoms with Crippen LogP contribution < -0.4 is 9.88 Å². The lowest BCUT2D eigenvalue weighted by atomic mass is 10.1. The summed E-state index contributed by atoms with van der Waals surface area (Å²) in [5.41, 5.74) is 1.39. The van der Waals surface area contributed by atoms with E-state index in [2.05, 4.69) is 9.72 Å². The van der Waals surface area contributed by atoms with Crippen LogP contribution in [-0.2, 0) is 21.4 Å². The van der Waals surface area contributed by atoms with Crippen molar-refractivity contribution in [3.8, 4) is 5.75 Å². The number of halogens is 3. The maximum atomic E-state index is 12.7. The molecule has 0 aliphatic carbocycles. The molecule has 1 saturated heterocycles. The number of rotatable bonds is 5. The van der Waals surface area contributed by atoms with E-state index in [0.717, 1.165) is 23.9 Å². The summed E-state index contributed by atoms with van der Waals surface area (Å²) in [5, 5.41) is 5.03. The quantitative estimate of drug-likeness (QED) is 0.650. The number of carbonyl (C=O) groups is 2. The van der Waals surface area contributed by atoms with Gasteiger partial charge in [-0.15, -0.1) is 13.2 Å². The number of fused-ring (bicyclic) bond motifs is 1. The molecule has 0 spiro atoms. The van der Waals surface area contributed by atoms with Crippen LogP contribution in [0.15, 0.2) is 59.3 Å². The summed E-state index contributed by atoms with van der Waals surface area (Å²) in [6.45, 7) is 0.765. The van der Waals surface area contributed by atoms with Gasteiger partial charge in [0.25, 0.3) is 5.91 Å². The number of nitrogens with zero attached hydrogens (tertiary/aromatic N) is 3. The highest BCUT2D eigenvalue weighted by atomic mass is 32.2. The average Bonchev–Trinajstić information content (AvgIpc) is 3.36. The molecule has 0 bridgehead atoms. The summed E-state index contributed by atoms with van der Waals surface area (Å²) < 4.78 is 68.4. The number of ether oxygens (including phenoxy) is 2. The summed E-state index contributed by atoms with van der Waals surface area (Å²) in [7, 11) is -3.92. The zero-order valence-corrected chi connectivity index (χ0v) is 18.8. The molecule has 1 fully saturated rings. The Morgan fingerprint density at radius 1 is 1.11 bits per heavy atom. The fraction of sp³-hybridized carbons (Fsp3) is 0.286. The Hall–Kier alpha value is -3.65. The van der Waals surface area contributed by atoms with Crippen molar-refractivity contribution in [2.24, 2.45) is 11.1 Å². The van der Waals surface area contributed by atoms with Crippen molar-refractivity contribution < 1.29 is 40.7 Å². The Kier molecular flexibility index (Phi) is 6.42. The third kappa shape index (κ3) is 5.89. The van der Waals surface area contributed by atoms with Crippen molar-refractivity contribution >= 4 is 22.0 Å². The van der Waals surface area contributed by atoms with Gasteiger partial charge < -0.3 is 19.3 Å². The van der Waals surface area contributed by atoms with E-state index in [4.69, 9.17) is 9.88 Å². The third-order valence-corrected chi connectivity index (χ3v) is 6.30. The lowest BCUT2D eigenvalue weighted by Gasteiger charge is -2.19. The molecule has 3 heterocycles. The van der Waals surface area contributed by atoms with Crippen LogP contribution in [0.1, 0.15) is 16.1 Å². The van der Waals surface area contributed by atoms with E-state index < -0.39 is 28.4 Å². The van der Waals surface area contributed by atoms with Crippen LogP contribution in [0.5, 0.6) is 5.75 Å². The molecule has 1 atom stereocenters. The predicted molar refractivity (Wildman–Crippen MR) is 113 cm³/mol. The molecule has 2 aromatic rings. The molecular weight excluding hydrogens is 493 g/mol. The van der Waals surface area contributed by atoms with Gasteiger partial charge in [0.2, 0.25) is 10.0 Å². The topological polar surface area (TPSA) is 132 Å². The van der Waals surface area contributed by atoms with E-state index in [9.17, 15) is 31.2 Å². The van der Waals surface area contributed by atoms with E-state index in [0.29, 0.717) is 18.7 Å². The first-order valence-electron chi connectivity index (χ1n) is 10.2. The summed E-state index contributed by atoms with van der Waals surface area (Å²) in [5.74, 6) is -0.879. The van der Waals surface area contributed by atoms with Crippen molar-refractivity contribution in [2.45, 2.75) is 17.9 Å². The molecule has 0 saturated carbocycles. The van der Waals surface area contributed by atoms with Crippen molar-refractivity contribution in [3.05, 3.63) is 65.6 Å². The van der Waals surface area contributed by atoms with Crippen LogP contribution in [0.2, 0.25) is 0 Å². The number of sulfonamides is 1. The second kappa shape index (κ2) is 9.19. The molecule has 0 radical (unpaired) electrons. The zero-order chi connectivity index (χ0) is 25.4. The second-order valence-electron chi connectivity index (χ2n) is 7.91. The molecule has 1 aromatic carbocycles. The largest absolute Gasteiger partial charge is 0.573 e. The molecule has 2 aliphatic rings. The SMILES string of the molecule is NS(=O)(=O)c1ccc(C(=O)N2C=C3CN(C(=O)OCc4ccc(OC(F)(F)F)cc4)C[C@@H]3C2)nc1. The minimum absolute atomic E-state index is 0.0529. The zero-order valence-electron chi connectivity index (χ0n) is 17.9. The van der Waals surface area contributed by atoms with Crippen LogP contribution >= 0.6 is 0 Å². The van der Waals surface area contributed by atoms with E-state index in [1.165, 1.54) is 34.1 Å². The van der Waals surface area contributed by atoms with Gasteiger partial charge in [-0.05, 0) is 35.4 Å². The number of amides is 2. The number of likely N-dealkylation sites (tertiary alicyclic amines) is 1.